The largest absolute Gasteiger partial charge is 0.448 e. The fraction of sp³-hybridized carbons (Fsp3) is 0.222. The lowest BCUT2D eigenvalue weighted by Crippen LogP contribution is -2.49. The maximum atomic E-state index is 11.8. The standard InChI is InChI=1S/C18H19N3O3/c1-11(17(19)22)20-21-18(23)24-10-16-14-8-4-2-6-12(14)13-7-3-5-9-15(13)16/h2-9,11,16,20H,10H2,1H3,(H2,19,22)(H,21,23)/t11-/m0/s1. The molecule has 24 heavy (non-hydrogen) atoms. The maximum absolute atomic E-state index is 11.8. The van der Waals surface area contributed by atoms with E-state index in [2.05, 4.69) is 35.1 Å². The Morgan fingerprint density at radius 1 is 1.08 bits per heavy atom. The molecule has 124 valence electrons. The molecule has 4 N–H and O–H groups in total. The normalized spacial score (nSPS) is 13.7. The number of nitrogens with two attached hydrogens (primary N) is 1. The minimum atomic E-state index is -0.675. The van der Waals surface area contributed by atoms with E-state index in [9.17, 15) is 9.59 Å². The van der Waals surface area contributed by atoms with Crippen LogP contribution in [-0.4, -0.2) is 24.6 Å². The number of carbonyl (C=O) groups excluding carboxylic acids is 2. The van der Waals surface area contributed by atoms with Crippen molar-refractivity contribution in [1.29, 1.82) is 0 Å². The number of benzene rings is 2. The van der Waals surface area contributed by atoms with Crippen molar-refractivity contribution in [2.24, 2.45) is 5.73 Å². The topological polar surface area (TPSA) is 93.4 Å². The molecule has 6 heteroatoms. The van der Waals surface area contributed by atoms with E-state index >= 15 is 0 Å². The Hall–Kier alpha value is -2.86. The van der Waals surface area contributed by atoms with Gasteiger partial charge in [-0.15, -0.1) is 0 Å². The van der Waals surface area contributed by atoms with Gasteiger partial charge in [0, 0.05) is 5.92 Å². The number of nitrogens with one attached hydrogen (secondary N) is 2. The van der Waals surface area contributed by atoms with E-state index < -0.39 is 18.0 Å². The summed E-state index contributed by atoms with van der Waals surface area (Å²) in [5.41, 5.74) is 14.6. The predicted octanol–water partition coefficient (Wildman–Crippen LogP) is 1.90. The Bertz CT molecular complexity index is 730. The Balaban J connectivity index is 1.67. The summed E-state index contributed by atoms with van der Waals surface area (Å²) in [6.45, 7) is 1.76. The van der Waals surface area contributed by atoms with E-state index in [0.717, 1.165) is 11.1 Å². The number of primary amides is 1. The summed E-state index contributed by atoms with van der Waals surface area (Å²) < 4.78 is 5.31. The quantitative estimate of drug-likeness (QED) is 0.732. The molecule has 0 spiro atoms. The smallest absolute Gasteiger partial charge is 0.421 e. The minimum Gasteiger partial charge on any atom is -0.448 e. The zero-order chi connectivity index (χ0) is 17.1. The van der Waals surface area contributed by atoms with E-state index in [4.69, 9.17) is 10.5 Å². The number of hydrogen-bond donors (Lipinski definition) is 3. The van der Waals surface area contributed by atoms with Gasteiger partial charge in [-0.1, -0.05) is 48.5 Å². The first-order valence-corrected chi connectivity index (χ1v) is 7.73. The van der Waals surface area contributed by atoms with Gasteiger partial charge in [-0.05, 0) is 29.2 Å². The summed E-state index contributed by atoms with van der Waals surface area (Å²) in [7, 11) is 0. The first-order valence-electron chi connectivity index (χ1n) is 7.73. The zero-order valence-corrected chi connectivity index (χ0v) is 13.3. The third kappa shape index (κ3) is 3.09. The zero-order valence-electron chi connectivity index (χ0n) is 13.3. The highest BCUT2D eigenvalue weighted by Gasteiger charge is 2.29. The van der Waals surface area contributed by atoms with Crippen molar-refractivity contribution in [2.45, 2.75) is 18.9 Å². The van der Waals surface area contributed by atoms with Crippen LogP contribution >= 0.6 is 0 Å². The molecule has 1 aliphatic rings. The first-order chi connectivity index (χ1) is 11.6. The Kier molecular flexibility index (Phi) is 4.48. The van der Waals surface area contributed by atoms with Crippen LogP contribution in [0, 0.1) is 0 Å². The van der Waals surface area contributed by atoms with Gasteiger partial charge < -0.3 is 10.5 Å². The van der Waals surface area contributed by atoms with Crippen LogP contribution in [-0.2, 0) is 9.53 Å². The summed E-state index contributed by atoms with van der Waals surface area (Å²) in [6, 6.07) is 15.5. The minimum absolute atomic E-state index is 0.00304. The molecule has 0 unspecified atom stereocenters. The molecule has 0 radical (unpaired) electrons. The van der Waals surface area contributed by atoms with Gasteiger partial charge in [0.15, 0.2) is 0 Å². The molecule has 1 atom stereocenters. The van der Waals surface area contributed by atoms with Crippen molar-refractivity contribution < 1.29 is 14.3 Å². The van der Waals surface area contributed by atoms with E-state index in [0.29, 0.717) is 0 Å². The van der Waals surface area contributed by atoms with Gasteiger partial charge in [0.25, 0.3) is 0 Å². The lowest BCUT2D eigenvalue weighted by Gasteiger charge is -2.16. The Labute approximate surface area is 140 Å². The fourth-order valence-electron chi connectivity index (χ4n) is 2.87. The molecular formula is C18H19N3O3. The number of ether oxygens (including phenoxy) is 1. The molecule has 0 aromatic heterocycles. The summed E-state index contributed by atoms with van der Waals surface area (Å²) in [5, 5.41) is 0. The second-order valence-electron chi connectivity index (χ2n) is 5.72. The van der Waals surface area contributed by atoms with Crippen molar-refractivity contribution >= 4 is 12.0 Å². The molecule has 0 saturated carbocycles. The summed E-state index contributed by atoms with van der Waals surface area (Å²) in [5.74, 6) is -0.564. The van der Waals surface area contributed by atoms with Crippen LogP contribution in [0.5, 0.6) is 0 Å². The molecule has 1 aliphatic carbocycles. The van der Waals surface area contributed by atoms with E-state index in [1.165, 1.54) is 11.1 Å². The highest BCUT2D eigenvalue weighted by atomic mass is 16.6. The van der Waals surface area contributed by atoms with E-state index in [-0.39, 0.29) is 12.5 Å². The SMILES string of the molecule is C[C@H](NNC(=O)OCC1c2ccccc2-c2ccccc21)C(N)=O. The molecule has 0 fully saturated rings. The molecule has 0 bridgehead atoms. The number of amides is 2. The second-order valence-corrected chi connectivity index (χ2v) is 5.72. The van der Waals surface area contributed by atoms with Crippen LogP contribution in [0.15, 0.2) is 48.5 Å². The van der Waals surface area contributed by atoms with Gasteiger partial charge in [0.1, 0.15) is 12.6 Å². The number of hydrogen-bond acceptors (Lipinski definition) is 4. The van der Waals surface area contributed by atoms with Crippen molar-refractivity contribution in [2.75, 3.05) is 6.61 Å². The predicted molar refractivity (Wildman–Crippen MR) is 90.0 cm³/mol. The number of carbonyl (C=O) groups is 2. The van der Waals surface area contributed by atoms with Crippen LogP contribution < -0.4 is 16.6 Å². The van der Waals surface area contributed by atoms with Crippen molar-refractivity contribution in [1.82, 2.24) is 10.9 Å². The van der Waals surface area contributed by atoms with Crippen LogP contribution in [0.3, 0.4) is 0 Å². The Morgan fingerprint density at radius 3 is 2.17 bits per heavy atom. The summed E-state index contributed by atoms with van der Waals surface area (Å²) >= 11 is 0. The fourth-order valence-corrected chi connectivity index (χ4v) is 2.87. The van der Waals surface area contributed by atoms with Crippen molar-refractivity contribution in [3.05, 3.63) is 59.7 Å². The van der Waals surface area contributed by atoms with Gasteiger partial charge in [0.2, 0.25) is 5.91 Å². The molecule has 0 aliphatic heterocycles. The van der Waals surface area contributed by atoms with Crippen LogP contribution in [0.2, 0.25) is 0 Å². The maximum Gasteiger partial charge on any atom is 0.421 e. The highest BCUT2D eigenvalue weighted by Crippen LogP contribution is 2.44. The number of fused-ring (bicyclic) bond motifs is 3. The van der Waals surface area contributed by atoms with Gasteiger partial charge in [-0.2, -0.15) is 0 Å². The first kappa shape index (κ1) is 16.0. The number of hydrazine groups is 1. The monoisotopic (exact) mass is 325 g/mol. The average molecular weight is 325 g/mol. The van der Waals surface area contributed by atoms with Gasteiger partial charge in [-0.25, -0.2) is 10.2 Å². The van der Waals surface area contributed by atoms with Crippen LogP contribution in [0.1, 0.15) is 24.0 Å². The van der Waals surface area contributed by atoms with Gasteiger partial charge in [-0.3, -0.25) is 10.2 Å². The lowest BCUT2D eigenvalue weighted by atomic mass is 9.98. The van der Waals surface area contributed by atoms with Crippen molar-refractivity contribution in [3.8, 4) is 11.1 Å². The molecule has 2 aromatic rings. The lowest BCUT2D eigenvalue weighted by molar-refractivity contribution is -0.119. The average Bonchev–Trinajstić information content (AvgIpc) is 2.92. The van der Waals surface area contributed by atoms with Crippen LogP contribution in [0.4, 0.5) is 4.79 Å². The third-order valence-electron chi connectivity index (χ3n) is 4.16. The molecule has 0 heterocycles. The van der Waals surface area contributed by atoms with Crippen molar-refractivity contribution in [3.63, 3.8) is 0 Å². The molecule has 2 amide bonds. The highest BCUT2D eigenvalue weighted by molar-refractivity contribution is 5.80. The molecule has 2 aromatic carbocycles. The molecule has 0 saturated heterocycles. The van der Waals surface area contributed by atoms with E-state index in [1.807, 2.05) is 24.3 Å². The summed E-state index contributed by atoms with van der Waals surface area (Å²) in [4.78, 5) is 22.7. The Morgan fingerprint density at radius 2 is 1.62 bits per heavy atom. The van der Waals surface area contributed by atoms with E-state index in [1.54, 1.807) is 6.92 Å². The number of rotatable bonds is 5. The molecular weight excluding hydrogens is 306 g/mol. The molecule has 6 nitrogen and oxygen atoms in total. The van der Waals surface area contributed by atoms with Gasteiger partial charge in [0.05, 0.1) is 0 Å². The van der Waals surface area contributed by atoms with Crippen LogP contribution in [0.25, 0.3) is 11.1 Å². The van der Waals surface area contributed by atoms with Gasteiger partial charge >= 0.3 is 6.09 Å². The molecule has 3 rings (SSSR count). The third-order valence-corrected chi connectivity index (χ3v) is 4.16. The second kappa shape index (κ2) is 6.72. The summed E-state index contributed by atoms with van der Waals surface area (Å²) in [6.07, 6.45) is -0.648.